The van der Waals surface area contributed by atoms with Crippen molar-refractivity contribution >= 4 is 5.69 Å². The highest BCUT2D eigenvalue weighted by Crippen LogP contribution is 2.26. The number of pyridine rings is 1. The fourth-order valence-corrected chi connectivity index (χ4v) is 1.74. The number of nitrogens with one attached hydrogen (secondary N) is 1. The number of benzene rings is 1. The summed E-state index contributed by atoms with van der Waals surface area (Å²) in [5.74, 6) is 0.560. The zero-order valence-electron chi connectivity index (χ0n) is 11.2. The quantitative estimate of drug-likeness (QED) is 0.668. The standard InChI is InChI=1S/C14H12N4O3/c1-16-8-10-3-2-4-13(5-10)21-14-11(7-15)6-12(9-17-14)18(19)20/h2-6,9,16H,8H2,1H3. The molecule has 0 aliphatic carbocycles. The first-order chi connectivity index (χ1) is 10.1. The SMILES string of the molecule is CNCc1cccc(Oc2ncc([N+](=O)[O-])cc2C#N)c1. The van der Waals surface area contributed by atoms with Crippen LogP contribution in [0.2, 0.25) is 0 Å². The lowest BCUT2D eigenvalue weighted by Crippen LogP contribution is -2.04. The van der Waals surface area contributed by atoms with Gasteiger partial charge in [-0.2, -0.15) is 5.26 Å². The number of ether oxygens (including phenoxy) is 1. The van der Waals surface area contributed by atoms with Crippen molar-refractivity contribution in [3.63, 3.8) is 0 Å². The molecule has 1 aromatic carbocycles. The molecule has 0 bridgehead atoms. The largest absolute Gasteiger partial charge is 0.438 e. The maximum Gasteiger partial charge on any atom is 0.289 e. The van der Waals surface area contributed by atoms with E-state index >= 15 is 0 Å². The molecule has 0 radical (unpaired) electrons. The van der Waals surface area contributed by atoms with E-state index in [0.29, 0.717) is 12.3 Å². The van der Waals surface area contributed by atoms with Gasteiger partial charge >= 0.3 is 0 Å². The number of rotatable bonds is 5. The Morgan fingerprint density at radius 2 is 2.29 bits per heavy atom. The normalized spacial score (nSPS) is 9.90. The van der Waals surface area contributed by atoms with Gasteiger partial charge in [0.2, 0.25) is 5.88 Å². The second kappa shape index (κ2) is 6.45. The van der Waals surface area contributed by atoms with Crippen molar-refractivity contribution in [2.24, 2.45) is 0 Å². The van der Waals surface area contributed by atoms with Gasteiger partial charge in [-0.1, -0.05) is 12.1 Å². The third kappa shape index (κ3) is 3.52. The molecule has 0 unspecified atom stereocenters. The highest BCUT2D eigenvalue weighted by molar-refractivity contribution is 5.46. The second-order valence-corrected chi connectivity index (χ2v) is 4.19. The first-order valence-corrected chi connectivity index (χ1v) is 6.10. The van der Waals surface area contributed by atoms with Crippen molar-refractivity contribution in [1.29, 1.82) is 5.26 Å². The minimum atomic E-state index is -0.606. The van der Waals surface area contributed by atoms with Crippen LogP contribution in [0.5, 0.6) is 11.6 Å². The summed E-state index contributed by atoms with van der Waals surface area (Å²) in [6.07, 6.45) is 1.06. The van der Waals surface area contributed by atoms with Crippen LogP contribution in [0.3, 0.4) is 0 Å². The topological polar surface area (TPSA) is 101 Å². The van der Waals surface area contributed by atoms with Gasteiger partial charge in [-0.05, 0) is 24.7 Å². The van der Waals surface area contributed by atoms with Crippen molar-refractivity contribution in [3.05, 3.63) is 57.8 Å². The second-order valence-electron chi connectivity index (χ2n) is 4.19. The molecule has 0 atom stereocenters. The lowest BCUT2D eigenvalue weighted by Gasteiger charge is -2.07. The summed E-state index contributed by atoms with van der Waals surface area (Å²) in [5.41, 5.74) is 0.779. The van der Waals surface area contributed by atoms with Gasteiger partial charge in [0.15, 0.2) is 0 Å². The van der Waals surface area contributed by atoms with Gasteiger partial charge in [0.25, 0.3) is 5.69 Å². The van der Waals surface area contributed by atoms with Gasteiger partial charge in [0.05, 0.1) is 4.92 Å². The monoisotopic (exact) mass is 284 g/mol. The highest BCUT2D eigenvalue weighted by Gasteiger charge is 2.13. The van der Waals surface area contributed by atoms with Gasteiger partial charge in [0, 0.05) is 12.6 Å². The summed E-state index contributed by atoms with van der Waals surface area (Å²) in [4.78, 5) is 13.9. The molecule has 0 aliphatic rings. The molecule has 106 valence electrons. The molecule has 2 rings (SSSR count). The Kier molecular flexibility index (Phi) is 4.43. The predicted molar refractivity (Wildman–Crippen MR) is 74.9 cm³/mol. The van der Waals surface area contributed by atoms with E-state index in [1.54, 1.807) is 12.1 Å². The minimum Gasteiger partial charge on any atom is -0.438 e. The molecule has 0 saturated carbocycles. The van der Waals surface area contributed by atoms with Gasteiger partial charge in [-0.25, -0.2) is 4.98 Å². The summed E-state index contributed by atoms with van der Waals surface area (Å²) in [5, 5.41) is 22.7. The van der Waals surface area contributed by atoms with Crippen LogP contribution in [0.4, 0.5) is 5.69 Å². The van der Waals surface area contributed by atoms with Gasteiger partial charge < -0.3 is 10.1 Å². The Morgan fingerprint density at radius 1 is 1.48 bits per heavy atom. The van der Waals surface area contributed by atoms with Gasteiger partial charge in [-0.15, -0.1) is 0 Å². The number of nitriles is 1. The van der Waals surface area contributed by atoms with Crippen LogP contribution < -0.4 is 10.1 Å². The predicted octanol–water partition coefficient (Wildman–Crippen LogP) is 2.37. The van der Waals surface area contributed by atoms with Crippen molar-refractivity contribution in [2.45, 2.75) is 6.54 Å². The molecule has 0 aliphatic heterocycles. The minimum absolute atomic E-state index is 0.0169. The van der Waals surface area contributed by atoms with Crippen LogP contribution in [0.15, 0.2) is 36.5 Å². The fraction of sp³-hybridized carbons (Fsp3) is 0.143. The van der Waals surface area contributed by atoms with Gasteiger partial charge in [-0.3, -0.25) is 10.1 Å². The lowest BCUT2D eigenvalue weighted by atomic mass is 10.2. The number of aromatic nitrogens is 1. The molecular weight excluding hydrogens is 272 g/mol. The van der Waals surface area contributed by atoms with Crippen LogP contribution >= 0.6 is 0 Å². The van der Waals surface area contributed by atoms with E-state index in [-0.39, 0.29) is 17.1 Å². The van der Waals surface area contributed by atoms with E-state index in [4.69, 9.17) is 10.00 Å². The van der Waals surface area contributed by atoms with E-state index in [9.17, 15) is 10.1 Å². The Balaban J connectivity index is 2.29. The molecule has 0 fully saturated rings. The molecule has 2 aromatic rings. The number of hydrogen-bond acceptors (Lipinski definition) is 6. The van der Waals surface area contributed by atoms with E-state index in [2.05, 4.69) is 10.3 Å². The smallest absolute Gasteiger partial charge is 0.289 e. The molecule has 0 spiro atoms. The average Bonchev–Trinajstić information content (AvgIpc) is 2.48. The van der Waals surface area contributed by atoms with Crippen LogP contribution in [0, 0.1) is 21.4 Å². The fourth-order valence-electron chi connectivity index (χ4n) is 1.74. The molecular formula is C14H12N4O3. The maximum absolute atomic E-state index is 10.7. The zero-order chi connectivity index (χ0) is 15.2. The zero-order valence-corrected chi connectivity index (χ0v) is 11.2. The first-order valence-electron chi connectivity index (χ1n) is 6.10. The average molecular weight is 284 g/mol. The number of hydrogen-bond donors (Lipinski definition) is 1. The van der Waals surface area contributed by atoms with Crippen LogP contribution in [-0.4, -0.2) is 17.0 Å². The first kappa shape index (κ1) is 14.4. The third-order valence-corrected chi connectivity index (χ3v) is 2.66. The maximum atomic E-state index is 10.7. The summed E-state index contributed by atoms with van der Waals surface area (Å²) in [6, 6.07) is 10.3. The summed E-state index contributed by atoms with van der Waals surface area (Å²) >= 11 is 0. The van der Waals surface area contributed by atoms with E-state index < -0.39 is 4.92 Å². The molecule has 21 heavy (non-hydrogen) atoms. The Hall–Kier alpha value is -2.98. The molecule has 1 N–H and O–H groups in total. The van der Waals surface area contributed by atoms with Crippen LogP contribution in [-0.2, 0) is 6.54 Å². The van der Waals surface area contributed by atoms with Crippen molar-refractivity contribution in [1.82, 2.24) is 10.3 Å². The van der Waals surface area contributed by atoms with Crippen molar-refractivity contribution in [2.75, 3.05) is 7.05 Å². The molecule has 7 heteroatoms. The molecule has 1 aromatic heterocycles. The summed E-state index contributed by atoms with van der Waals surface area (Å²) in [6.45, 7) is 0.677. The van der Waals surface area contributed by atoms with Crippen LogP contribution in [0.25, 0.3) is 0 Å². The van der Waals surface area contributed by atoms with Gasteiger partial charge in [0.1, 0.15) is 23.6 Å². The van der Waals surface area contributed by atoms with Crippen LogP contribution in [0.1, 0.15) is 11.1 Å². The Morgan fingerprint density at radius 3 is 2.95 bits per heavy atom. The third-order valence-electron chi connectivity index (χ3n) is 2.66. The van der Waals surface area contributed by atoms with E-state index in [0.717, 1.165) is 17.8 Å². The molecule has 0 amide bonds. The van der Waals surface area contributed by atoms with E-state index in [1.165, 1.54) is 0 Å². The molecule has 0 saturated heterocycles. The number of nitrogens with zero attached hydrogens (tertiary/aromatic N) is 3. The highest BCUT2D eigenvalue weighted by atomic mass is 16.6. The summed E-state index contributed by atoms with van der Waals surface area (Å²) < 4.78 is 5.54. The molecule has 7 nitrogen and oxygen atoms in total. The Labute approximate surface area is 121 Å². The van der Waals surface area contributed by atoms with E-state index in [1.807, 2.05) is 25.2 Å². The Bertz CT molecular complexity index is 710. The summed E-state index contributed by atoms with van der Waals surface area (Å²) in [7, 11) is 1.83. The number of nitro groups is 1. The lowest BCUT2D eigenvalue weighted by molar-refractivity contribution is -0.385. The van der Waals surface area contributed by atoms with Crippen molar-refractivity contribution in [3.8, 4) is 17.7 Å². The van der Waals surface area contributed by atoms with Crippen molar-refractivity contribution < 1.29 is 9.66 Å². The molecule has 1 heterocycles.